The minimum absolute atomic E-state index is 0. The van der Waals surface area contributed by atoms with Crippen LogP contribution in [0.1, 0.15) is 26.7 Å². The molecule has 0 fully saturated rings. The molecule has 19 heavy (non-hydrogen) atoms. The van der Waals surface area contributed by atoms with Crippen molar-refractivity contribution in [3.8, 4) is 0 Å². The van der Waals surface area contributed by atoms with E-state index < -0.39 is 23.5 Å². The molecule has 0 amide bonds. The van der Waals surface area contributed by atoms with Crippen LogP contribution in [-0.2, 0) is 50.4 Å². The summed E-state index contributed by atoms with van der Waals surface area (Å²) in [5.74, 6) is -1.82. The van der Waals surface area contributed by atoms with Crippen LogP contribution >= 0.6 is 0 Å². The number of hydrogen-bond donors (Lipinski definition) is 0. The van der Waals surface area contributed by atoms with Crippen molar-refractivity contribution in [2.24, 2.45) is 0 Å². The summed E-state index contributed by atoms with van der Waals surface area (Å²) in [6, 6.07) is 0. The number of hydrogen-bond acceptors (Lipinski definition) is 6. The van der Waals surface area contributed by atoms with Crippen LogP contribution in [0.25, 0.3) is 0 Å². The second-order valence-corrected chi connectivity index (χ2v) is 3.04. The first kappa shape index (κ1) is 22.9. The number of carbonyl (C=O) groups excluding carboxylic acids is 4. The SMILES string of the molecule is [CH2-]C(=O)CC(=O)OCC.[CH2-]C(=O)CC(=O)OCC.[Ti+2]. The first-order chi connectivity index (χ1) is 8.33. The van der Waals surface area contributed by atoms with E-state index >= 15 is 0 Å². The van der Waals surface area contributed by atoms with Gasteiger partial charge in [0.2, 0.25) is 0 Å². The second-order valence-electron chi connectivity index (χ2n) is 3.04. The number of ketones is 2. The Bertz CT molecular complexity index is 271. The fourth-order valence-electron chi connectivity index (χ4n) is 0.746. The molecule has 0 saturated heterocycles. The van der Waals surface area contributed by atoms with Crippen LogP contribution < -0.4 is 0 Å². The summed E-state index contributed by atoms with van der Waals surface area (Å²) >= 11 is 0. The maximum Gasteiger partial charge on any atom is 2.00 e. The van der Waals surface area contributed by atoms with Gasteiger partial charge in [0.15, 0.2) is 0 Å². The minimum atomic E-state index is -0.502. The normalized spacial score (nSPS) is 8.11. The number of carbonyl (C=O) groups is 4. The van der Waals surface area contributed by atoms with Gasteiger partial charge in [-0.3, -0.25) is 9.59 Å². The minimum Gasteiger partial charge on any atom is -0.466 e. The Labute approximate surface area is 128 Å². The quantitative estimate of drug-likeness (QED) is 0.310. The Kier molecular flexibility index (Phi) is 17.8. The van der Waals surface area contributed by atoms with Crippen LogP contribution in [0.3, 0.4) is 0 Å². The standard InChI is InChI=1S/2C6H9O3.Ti/c2*1-3-9-6(8)4-5(2)7;/h2*2-4H2,1H3;/q2*-1;+2. The molecule has 0 aromatic heterocycles. The van der Waals surface area contributed by atoms with Crippen LogP contribution in [0, 0.1) is 13.8 Å². The maximum atomic E-state index is 10.4. The van der Waals surface area contributed by atoms with Crippen LogP contribution in [-0.4, -0.2) is 36.7 Å². The van der Waals surface area contributed by atoms with Gasteiger partial charge in [0, 0.05) is 11.6 Å². The van der Waals surface area contributed by atoms with E-state index in [0.29, 0.717) is 13.2 Å². The monoisotopic (exact) mass is 306 g/mol. The molecule has 0 saturated carbocycles. The summed E-state index contributed by atoms with van der Waals surface area (Å²) in [4.78, 5) is 41.0. The van der Waals surface area contributed by atoms with Gasteiger partial charge in [0.1, 0.15) is 0 Å². The van der Waals surface area contributed by atoms with Crippen molar-refractivity contribution in [2.75, 3.05) is 13.2 Å². The van der Waals surface area contributed by atoms with E-state index in [1.54, 1.807) is 13.8 Å². The van der Waals surface area contributed by atoms with Crippen molar-refractivity contribution in [3.05, 3.63) is 13.8 Å². The predicted octanol–water partition coefficient (Wildman–Crippen LogP) is 0.683. The number of rotatable bonds is 6. The molecule has 0 spiro atoms. The van der Waals surface area contributed by atoms with Crippen molar-refractivity contribution in [3.63, 3.8) is 0 Å². The Morgan fingerprint density at radius 2 is 1.05 bits per heavy atom. The van der Waals surface area contributed by atoms with Gasteiger partial charge in [-0.1, -0.05) is 0 Å². The van der Waals surface area contributed by atoms with Gasteiger partial charge in [0.25, 0.3) is 0 Å². The molecule has 0 N–H and O–H groups in total. The summed E-state index contributed by atoms with van der Waals surface area (Å²) in [7, 11) is 0. The third-order valence-electron chi connectivity index (χ3n) is 1.29. The first-order valence-electron chi connectivity index (χ1n) is 5.34. The van der Waals surface area contributed by atoms with Gasteiger partial charge in [-0.15, -0.1) is 0 Å². The van der Waals surface area contributed by atoms with E-state index in [1.807, 2.05) is 0 Å². The largest absolute Gasteiger partial charge is 2.00 e. The van der Waals surface area contributed by atoms with Crippen LogP contribution in [0.4, 0.5) is 0 Å². The fourth-order valence-corrected chi connectivity index (χ4v) is 0.746. The third kappa shape index (κ3) is 22.4. The predicted molar refractivity (Wildman–Crippen MR) is 63.2 cm³/mol. The summed E-state index contributed by atoms with van der Waals surface area (Å²) in [6.45, 7) is 10.0. The van der Waals surface area contributed by atoms with Crippen LogP contribution in [0.5, 0.6) is 0 Å². The van der Waals surface area contributed by atoms with Crippen LogP contribution in [0.2, 0.25) is 0 Å². The molecule has 0 aliphatic carbocycles. The molecular formula is C12H18O6Ti. The maximum absolute atomic E-state index is 10.4. The van der Waals surface area contributed by atoms with E-state index in [9.17, 15) is 19.2 Å². The van der Waals surface area contributed by atoms with Gasteiger partial charge in [-0.05, 0) is 13.8 Å². The summed E-state index contributed by atoms with van der Waals surface area (Å²) in [5, 5.41) is 0. The van der Waals surface area contributed by atoms with Crippen molar-refractivity contribution < 1.29 is 50.4 Å². The smallest absolute Gasteiger partial charge is 0.466 e. The Hall–Kier alpha value is -1.27. The molecule has 0 aromatic carbocycles. The molecule has 0 rings (SSSR count). The zero-order valence-electron chi connectivity index (χ0n) is 11.2. The topological polar surface area (TPSA) is 86.7 Å². The van der Waals surface area contributed by atoms with Crippen molar-refractivity contribution >= 4 is 23.5 Å². The zero-order chi connectivity index (χ0) is 14.6. The van der Waals surface area contributed by atoms with Gasteiger partial charge < -0.3 is 32.9 Å². The number of esters is 2. The van der Waals surface area contributed by atoms with Crippen molar-refractivity contribution in [2.45, 2.75) is 26.7 Å². The zero-order valence-corrected chi connectivity index (χ0v) is 12.8. The molecule has 0 atom stereocenters. The Morgan fingerprint density at radius 3 is 1.21 bits per heavy atom. The fraction of sp³-hybridized carbons (Fsp3) is 0.500. The van der Waals surface area contributed by atoms with E-state index in [2.05, 4.69) is 23.3 Å². The molecule has 0 radical (unpaired) electrons. The van der Waals surface area contributed by atoms with E-state index in [1.165, 1.54) is 0 Å². The van der Waals surface area contributed by atoms with Crippen LogP contribution in [0.15, 0.2) is 0 Å². The molecule has 0 aliphatic rings. The van der Waals surface area contributed by atoms with Crippen molar-refractivity contribution in [1.29, 1.82) is 0 Å². The average molecular weight is 306 g/mol. The molecule has 0 aliphatic heterocycles. The number of Topliss-reactive ketones (excluding diaryl/α,β-unsaturated/α-hetero) is 2. The number of ether oxygens (including phenoxy) is 2. The molecule has 0 aromatic rings. The second kappa shape index (κ2) is 14.8. The van der Waals surface area contributed by atoms with Gasteiger partial charge in [0.05, 0.1) is 26.1 Å². The summed E-state index contributed by atoms with van der Waals surface area (Å²) in [6.07, 6.45) is -0.429. The van der Waals surface area contributed by atoms with E-state index in [0.717, 1.165) is 0 Å². The molecule has 6 nitrogen and oxygen atoms in total. The van der Waals surface area contributed by atoms with Gasteiger partial charge in [-0.2, -0.15) is 0 Å². The van der Waals surface area contributed by atoms with Crippen molar-refractivity contribution in [1.82, 2.24) is 0 Å². The molecular weight excluding hydrogens is 288 g/mol. The molecule has 0 unspecified atom stereocenters. The molecule has 0 heterocycles. The average Bonchev–Trinajstić information content (AvgIpc) is 2.16. The molecule has 0 bridgehead atoms. The van der Waals surface area contributed by atoms with Gasteiger partial charge >= 0.3 is 33.7 Å². The summed E-state index contributed by atoms with van der Waals surface area (Å²) in [5.41, 5.74) is 0. The van der Waals surface area contributed by atoms with Gasteiger partial charge in [-0.25, -0.2) is 0 Å². The first-order valence-corrected chi connectivity index (χ1v) is 5.34. The Balaban J connectivity index is -0.000000256. The van der Waals surface area contributed by atoms with E-state index in [-0.39, 0.29) is 34.6 Å². The Morgan fingerprint density at radius 1 is 0.789 bits per heavy atom. The third-order valence-corrected chi connectivity index (χ3v) is 1.29. The molecule has 7 heteroatoms. The molecule has 106 valence electrons. The van der Waals surface area contributed by atoms with E-state index in [4.69, 9.17) is 0 Å². The summed E-state index contributed by atoms with van der Waals surface area (Å²) < 4.78 is 8.91.